The zero-order valence-corrected chi connectivity index (χ0v) is 11.3. The summed E-state index contributed by atoms with van der Waals surface area (Å²) in [6.07, 6.45) is 3.57. The van der Waals surface area contributed by atoms with Crippen LogP contribution in [-0.2, 0) is 4.79 Å². The van der Waals surface area contributed by atoms with Crippen molar-refractivity contribution in [3.63, 3.8) is 0 Å². The molecule has 7 heteroatoms. The molecular formula is C11H13ClN2O3S. The molecule has 0 aliphatic rings. The topological polar surface area (TPSA) is 79.3 Å². The average molecular weight is 289 g/mol. The number of carboxylic acids is 1. The van der Waals surface area contributed by atoms with Gasteiger partial charge in [-0.1, -0.05) is 11.6 Å². The van der Waals surface area contributed by atoms with E-state index >= 15 is 0 Å². The molecule has 2 N–H and O–H groups in total. The lowest BCUT2D eigenvalue weighted by atomic mass is 10.2. The van der Waals surface area contributed by atoms with Crippen LogP contribution in [0.4, 0.5) is 0 Å². The van der Waals surface area contributed by atoms with E-state index in [4.69, 9.17) is 16.7 Å². The van der Waals surface area contributed by atoms with Gasteiger partial charge in [-0.25, -0.2) is 9.78 Å². The second kappa shape index (κ2) is 7.23. The van der Waals surface area contributed by atoms with E-state index in [1.54, 1.807) is 0 Å². The van der Waals surface area contributed by atoms with Crippen molar-refractivity contribution in [1.82, 2.24) is 10.3 Å². The number of hydrogen-bond donors (Lipinski definition) is 2. The van der Waals surface area contributed by atoms with E-state index in [1.807, 2.05) is 6.26 Å². The minimum absolute atomic E-state index is 0.281. The van der Waals surface area contributed by atoms with Crippen LogP contribution >= 0.6 is 23.4 Å². The van der Waals surface area contributed by atoms with Crippen molar-refractivity contribution >= 4 is 35.2 Å². The lowest BCUT2D eigenvalue weighted by Gasteiger charge is -2.13. The zero-order chi connectivity index (χ0) is 13.5. The molecule has 1 atom stereocenters. The summed E-state index contributed by atoms with van der Waals surface area (Å²) in [5.41, 5.74) is 0.287. The highest BCUT2D eigenvalue weighted by Crippen LogP contribution is 2.07. The molecule has 0 saturated heterocycles. The molecule has 1 amide bonds. The van der Waals surface area contributed by atoms with Crippen LogP contribution in [0.2, 0.25) is 5.15 Å². The molecule has 0 fully saturated rings. The van der Waals surface area contributed by atoms with Gasteiger partial charge < -0.3 is 10.4 Å². The van der Waals surface area contributed by atoms with Gasteiger partial charge in [-0.3, -0.25) is 4.79 Å². The molecule has 1 heterocycles. The minimum Gasteiger partial charge on any atom is -0.480 e. The van der Waals surface area contributed by atoms with Crippen LogP contribution in [0.5, 0.6) is 0 Å². The highest BCUT2D eigenvalue weighted by Gasteiger charge is 2.20. The Morgan fingerprint density at radius 2 is 2.28 bits per heavy atom. The smallest absolute Gasteiger partial charge is 0.326 e. The fourth-order valence-corrected chi connectivity index (χ4v) is 1.83. The number of pyridine rings is 1. The maximum absolute atomic E-state index is 11.8. The number of nitrogens with one attached hydrogen (secondary N) is 1. The van der Waals surface area contributed by atoms with Crippen molar-refractivity contribution < 1.29 is 14.7 Å². The average Bonchev–Trinajstić information content (AvgIpc) is 2.34. The molecule has 0 aliphatic carbocycles. The number of hydrogen-bond acceptors (Lipinski definition) is 4. The Labute approximate surface area is 114 Å². The minimum atomic E-state index is -1.04. The van der Waals surface area contributed by atoms with Crippen LogP contribution in [0.25, 0.3) is 0 Å². The first-order valence-electron chi connectivity index (χ1n) is 5.18. The van der Waals surface area contributed by atoms with E-state index in [0.717, 1.165) is 0 Å². The van der Waals surface area contributed by atoms with Crippen molar-refractivity contribution in [2.24, 2.45) is 0 Å². The van der Waals surface area contributed by atoms with Gasteiger partial charge in [0.1, 0.15) is 11.2 Å². The summed E-state index contributed by atoms with van der Waals surface area (Å²) in [6.45, 7) is 0. The summed E-state index contributed by atoms with van der Waals surface area (Å²) < 4.78 is 0. The maximum atomic E-state index is 11.8. The van der Waals surface area contributed by atoms with Gasteiger partial charge in [0.2, 0.25) is 0 Å². The third kappa shape index (κ3) is 4.54. The van der Waals surface area contributed by atoms with Crippen molar-refractivity contribution in [1.29, 1.82) is 0 Å². The highest BCUT2D eigenvalue weighted by molar-refractivity contribution is 7.98. The van der Waals surface area contributed by atoms with Gasteiger partial charge in [0.15, 0.2) is 0 Å². The van der Waals surface area contributed by atoms with Crippen molar-refractivity contribution in [2.45, 2.75) is 12.5 Å². The third-order valence-corrected chi connectivity index (χ3v) is 3.07. The quantitative estimate of drug-likeness (QED) is 0.779. The van der Waals surface area contributed by atoms with E-state index in [0.29, 0.717) is 12.2 Å². The van der Waals surface area contributed by atoms with Gasteiger partial charge >= 0.3 is 5.97 Å². The van der Waals surface area contributed by atoms with Crippen molar-refractivity contribution in [2.75, 3.05) is 12.0 Å². The van der Waals surface area contributed by atoms with Crippen LogP contribution in [-0.4, -0.2) is 40.0 Å². The molecule has 1 rings (SSSR count). The summed E-state index contributed by atoms with van der Waals surface area (Å²) in [5.74, 6) is -0.845. The zero-order valence-electron chi connectivity index (χ0n) is 9.72. The number of amides is 1. The van der Waals surface area contributed by atoms with Gasteiger partial charge in [0.25, 0.3) is 5.91 Å². The molecule has 18 heavy (non-hydrogen) atoms. The number of rotatable bonds is 6. The Hall–Kier alpha value is -1.27. The van der Waals surface area contributed by atoms with Gasteiger partial charge in [-0.15, -0.1) is 0 Å². The molecule has 0 bridgehead atoms. The summed E-state index contributed by atoms with van der Waals surface area (Å²) >= 11 is 7.13. The first-order valence-corrected chi connectivity index (χ1v) is 6.96. The standard InChI is InChI=1S/C11H13ClN2O3S/c1-18-5-4-8(11(16)17)14-10(15)7-2-3-9(12)13-6-7/h2-3,6,8H,4-5H2,1H3,(H,14,15)(H,16,17). The second-order valence-corrected chi connectivity index (χ2v) is 4.89. The first-order chi connectivity index (χ1) is 8.54. The number of carbonyl (C=O) groups excluding carboxylic acids is 1. The Kier molecular flexibility index (Phi) is 5.94. The molecule has 0 spiro atoms. The summed E-state index contributed by atoms with van der Waals surface area (Å²) in [5, 5.41) is 11.7. The Bertz CT molecular complexity index is 425. The van der Waals surface area contributed by atoms with Crippen LogP contribution in [0.3, 0.4) is 0 Å². The molecule has 0 aliphatic heterocycles. The molecular weight excluding hydrogens is 276 g/mol. The van der Waals surface area contributed by atoms with E-state index < -0.39 is 17.9 Å². The molecule has 98 valence electrons. The summed E-state index contributed by atoms with van der Waals surface area (Å²) in [6, 6.07) is 2.09. The Balaban J connectivity index is 2.66. The fraction of sp³-hybridized carbons (Fsp3) is 0.364. The van der Waals surface area contributed by atoms with Crippen molar-refractivity contribution in [3.05, 3.63) is 29.0 Å². The number of nitrogens with zero attached hydrogens (tertiary/aromatic N) is 1. The molecule has 1 aromatic rings. The van der Waals surface area contributed by atoms with Gasteiger partial charge in [-0.2, -0.15) is 11.8 Å². The van der Waals surface area contributed by atoms with Crippen LogP contribution in [0.1, 0.15) is 16.8 Å². The molecule has 0 radical (unpaired) electrons. The van der Waals surface area contributed by atoms with Crippen LogP contribution in [0.15, 0.2) is 18.3 Å². The van der Waals surface area contributed by atoms with E-state index in [-0.39, 0.29) is 10.7 Å². The largest absolute Gasteiger partial charge is 0.480 e. The molecule has 0 saturated carbocycles. The number of halogens is 1. The molecule has 0 aromatic carbocycles. The van der Waals surface area contributed by atoms with Crippen LogP contribution < -0.4 is 5.32 Å². The lowest BCUT2D eigenvalue weighted by Crippen LogP contribution is -2.41. The number of carbonyl (C=O) groups is 2. The van der Waals surface area contributed by atoms with Crippen LogP contribution in [0, 0.1) is 0 Å². The first kappa shape index (κ1) is 14.8. The van der Waals surface area contributed by atoms with Gasteiger partial charge in [0, 0.05) is 6.20 Å². The van der Waals surface area contributed by atoms with Crippen molar-refractivity contribution in [3.8, 4) is 0 Å². The van der Waals surface area contributed by atoms with E-state index in [1.165, 1.54) is 30.1 Å². The second-order valence-electron chi connectivity index (χ2n) is 3.52. The van der Waals surface area contributed by atoms with Gasteiger partial charge in [0.05, 0.1) is 5.56 Å². The third-order valence-electron chi connectivity index (χ3n) is 2.20. The summed E-state index contributed by atoms with van der Waals surface area (Å²) in [7, 11) is 0. The SMILES string of the molecule is CSCCC(NC(=O)c1ccc(Cl)nc1)C(=O)O. The van der Waals surface area contributed by atoms with Gasteiger partial charge in [-0.05, 0) is 30.6 Å². The Morgan fingerprint density at radius 3 is 2.78 bits per heavy atom. The number of thioether (sulfide) groups is 1. The highest BCUT2D eigenvalue weighted by atomic mass is 35.5. The Morgan fingerprint density at radius 1 is 1.56 bits per heavy atom. The monoisotopic (exact) mass is 288 g/mol. The predicted molar refractivity (Wildman–Crippen MR) is 71.1 cm³/mol. The maximum Gasteiger partial charge on any atom is 0.326 e. The number of carboxylic acid groups (broad SMARTS) is 1. The van der Waals surface area contributed by atoms with E-state index in [2.05, 4.69) is 10.3 Å². The molecule has 1 aromatic heterocycles. The molecule has 1 unspecified atom stereocenters. The number of aliphatic carboxylic acids is 1. The molecule has 5 nitrogen and oxygen atoms in total. The fourth-order valence-electron chi connectivity index (χ4n) is 1.24. The number of aromatic nitrogens is 1. The lowest BCUT2D eigenvalue weighted by molar-refractivity contribution is -0.139. The van der Waals surface area contributed by atoms with E-state index in [9.17, 15) is 9.59 Å². The predicted octanol–water partition coefficient (Wildman–Crippen LogP) is 1.67. The normalized spacial score (nSPS) is 11.9. The summed E-state index contributed by atoms with van der Waals surface area (Å²) in [4.78, 5) is 26.5.